The van der Waals surface area contributed by atoms with E-state index in [9.17, 15) is 9.59 Å². The van der Waals surface area contributed by atoms with Crippen LogP contribution in [-0.4, -0.2) is 31.1 Å². The molecule has 0 amide bonds. The topological polar surface area (TPSA) is 52.6 Å². The van der Waals surface area contributed by atoms with E-state index in [0.717, 1.165) is 47.9 Å². The van der Waals surface area contributed by atoms with E-state index in [1.165, 1.54) is 0 Å². The third-order valence-electron chi connectivity index (χ3n) is 6.03. The second-order valence-electron chi connectivity index (χ2n) is 8.39. The summed E-state index contributed by atoms with van der Waals surface area (Å²) in [5, 5.41) is 0. The van der Waals surface area contributed by atoms with E-state index in [1.54, 1.807) is 12.1 Å². The van der Waals surface area contributed by atoms with Crippen LogP contribution in [0.2, 0.25) is 8.87 Å². The van der Waals surface area contributed by atoms with Crippen LogP contribution in [-0.2, 0) is 6.15 Å². The summed E-state index contributed by atoms with van der Waals surface area (Å²) in [7, 11) is 0. The molecule has 0 N–H and O–H groups in total. The maximum absolute atomic E-state index is 13.2. The molecule has 2 aromatic carbocycles. The Balaban J connectivity index is 2.41. The molecule has 4 nitrogen and oxygen atoms in total. The number of benzene rings is 2. The van der Waals surface area contributed by atoms with Crippen molar-refractivity contribution in [3.05, 3.63) is 69.8 Å². The van der Waals surface area contributed by atoms with Gasteiger partial charge in [-0.15, -0.1) is 0 Å². The van der Waals surface area contributed by atoms with Crippen molar-refractivity contribution in [1.82, 2.24) is 0 Å². The van der Waals surface area contributed by atoms with Gasteiger partial charge in [-0.3, -0.25) is 0 Å². The van der Waals surface area contributed by atoms with E-state index >= 15 is 0 Å². The molecule has 168 valence electrons. The molecule has 2 rings (SSSR count). The minimum absolute atomic E-state index is 0.349. The predicted octanol–water partition coefficient (Wildman–Crippen LogP) is 6.98. The van der Waals surface area contributed by atoms with Crippen molar-refractivity contribution in [2.75, 3.05) is 0 Å². The zero-order valence-electron chi connectivity index (χ0n) is 19.8. The molecular formula is C26H36O4Sn. The van der Waals surface area contributed by atoms with Crippen molar-refractivity contribution >= 4 is 31.1 Å². The fraction of sp³-hybridized carbons (Fsp3) is 0.462. The van der Waals surface area contributed by atoms with Crippen molar-refractivity contribution in [2.45, 2.75) is 76.1 Å². The molecule has 0 fully saturated rings. The van der Waals surface area contributed by atoms with Gasteiger partial charge >= 0.3 is 193 Å². The minimum atomic E-state index is -4.05. The van der Waals surface area contributed by atoms with E-state index in [4.69, 9.17) is 6.15 Å². The fourth-order valence-corrected chi connectivity index (χ4v) is 13.3. The Hall–Kier alpha value is -1.82. The summed E-state index contributed by atoms with van der Waals surface area (Å²) in [6.07, 6.45) is 3.71. The number of hydrogen-bond donors (Lipinski definition) is 0. The SMILES string of the molecule is CCC[CH2][Sn]([CH2]CCC)([O]C(=O)c1cccc(C)c1C)[O]C(=O)c1cccc(C)c1C. The fourth-order valence-electron chi connectivity index (χ4n) is 3.63. The average molecular weight is 531 g/mol. The van der Waals surface area contributed by atoms with E-state index in [1.807, 2.05) is 52.0 Å². The summed E-state index contributed by atoms with van der Waals surface area (Å²) in [5.41, 5.74) is 5.06. The Kier molecular flexibility index (Phi) is 9.60. The Morgan fingerprint density at radius 1 is 0.710 bits per heavy atom. The van der Waals surface area contributed by atoms with Gasteiger partial charge in [0.25, 0.3) is 0 Å². The van der Waals surface area contributed by atoms with Crippen LogP contribution in [0.3, 0.4) is 0 Å². The molecule has 0 heterocycles. The van der Waals surface area contributed by atoms with Crippen LogP contribution in [0.15, 0.2) is 36.4 Å². The first-order valence-corrected chi connectivity index (χ1v) is 17.7. The van der Waals surface area contributed by atoms with E-state index in [-0.39, 0.29) is 11.9 Å². The molecule has 0 aliphatic rings. The third kappa shape index (κ3) is 6.58. The van der Waals surface area contributed by atoms with E-state index < -0.39 is 19.2 Å². The monoisotopic (exact) mass is 532 g/mol. The molecule has 2 aromatic rings. The van der Waals surface area contributed by atoms with Gasteiger partial charge in [-0.05, 0) is 0 Å². The van der Waals surface area contributed by atoms with Gasteiger partial charge in [-0.1, -0.05) is 0 Å². The molecule has 31 heavy (non-hydrogen) atoms. The maximum atomic E-state index is 13.2. The van der Waals surface area contributed by atoms with Crippen LogP contribution >= 0.6 is 0 Å². The predicted molar refractivity (Wildman–Crippen MR) is 128 cm³/mol. The Morgan fingerprint density at radius 3 is 1.45 bits per heavy atom. The van der Waals surface area contributed by atoms with Crippen molar-refractivity contribution in [3.8, 4) is 0 Å². The van der Waals surface area contributed by atoms with Crippen LogP contribution in [0.4, 0.5) is 0 Å². The van der Waals surface area contributed by atoms with Gasteiger partial charge in [0.2, 0.25) is 0 Å². The van der Waals surface area contributed by atoms with Crippen LogP contribution in [0.25, 0.3) is 0 Å². The number of carbonyl (C=O) groups is 2. The molecular weight excluding hydrogens is 495 g/mol. The standard InChI is InChI=1S/2C9H10O2.2C4H9.Sn/c2*1-6-4-3-5-8(7(6)2)9(10)11;2*1-3-4-2;/h2*3-5H,1-2H3,(H,10,11);2*1,3-4H2,2H3;/q;;;;+2/p-2. The zero-order valence-corrected chi connectivity index (χ0v) is 22.7. The molecule has 0 saturated heterocycles. The molecule has 5 heteroatoms. The van der Waals surface area contributed by atoms with Crippen LogP contribution in [0.5, 0.6) is 0 Å². The van der Waals surface area contributed by atoms with Crippen LogP contribution < -0.4 is 0 Å². The van der Waals surface area contributed by atoms with Crippen molar-refractivity contribution in [2.24, 2.45) is 0 Å². The first-order chi connectivity index (χ1) is 14.7. The van der Waals surface area contributed by atoms with Gasteiger partial charge in [0.15, 0.2) is 0 Å². The van der Waals surface area contributed by atoms with E-state index in [2.05, 4.69) is 13.8 Å². The number of rotatable bonds is 10. The number of aryl methyl sites for hydroxylation is 2. The van der Waals surface area contributed by atoms with Crippen LogP contribution in [0, 0.1) is 27.7 Å². The van der Waals surface area contributed by atoms with E-state index in [0.29, 0.717) is 20.0 Å². The summed E-state index contributed by atoms with van der Waals surface area (Å²) >= 11 is -4.05. The summed E-state index contributed by atoms with van der Waals surface area (Å²) in [5.74, 6) is -0.698. The Morgan fingerprint density at radius 2 is 1.10 bits per heavy atom. The van der Waals surface area contributed by atoms with Crippen molar-refractivity contribution < 1.29 is 15.7 Å². The molecule has 0 saturated carbocycles. The van der Waals surface area contributed by atoms with Gasteiger partial charge in [-0.25, -0.2) is 0 Å². The summed E-state index contributed by atoms with van der Waals surface area (Å²) in [6, 6.07) is 11.3. The molecule has 0 aliphatic carbocycles. The van der Waals surface area contributed by atoms with Crippen molar-refractivity contribution in [1.29, 1.82) is 0 Å². The molecule has 0 unspecified atom stereocenters. The number of hydrogen-bond acceptors (Lipinski definition) is 4. The molecule has 0 atom stereocenters. The number of carbonyl (C=O) groups excluding carboxylic acids is 2. The zero-order chi connectivity index (χ0) is 23.0. The summed E-state index contributed by atoms with van der Waals surface area (Å²) in [6.45, 7) is 12.0. The quantitative estimate of drug-likeness (QED) is 0.311. The van der Waals surface area contributed by atoms with Gasteiger partial charge in [0.05, 0.1) is 0 Å². The second-order valence-corrected chi connectivity index (χ2v) is 17.6. The first-order valence-electron chi connectivity index (χ1n) is 11.3. The molecule has 0 aromatic heterocycles. The third-order valence-corrected chi connectivity index (χ3v) is 15.6. The molecule has 0 spiro atoms. The van der Waals surface area contributed by atoms with Gasteiger partial charge in [-0.2, -0.15) is 0 Å². The number of unbranched alkanes of at least 4 members (excludes halogenated alkanes) is 2. The van der Waals surface area contributed by atoms with Gasteiger partial charge < -0.3 is 0 Å². The van der Waals surface area contributed by atoms with Gasteiger partial charge in [0, 0.05) is 0 Å². The first kappa shape index (κ1) is 25.4. The average Bonchev–Trinajstić information content (AvgIpc) is 2.74. The summed E-state index contributed by atoms with van der Waals surface area (Å²) < 4.78 is 13.9. The van der Waals surface area contributed by atoms with Crippen molar-refractivity contribution in [3.63, 3.8) is 0 Å². The second kappa shape index (κ2) is 11.7. The van der Waals surface area contributed by atoms with Gasteiger partial charge in [0.1, 0.15) is 0 Å². The normalized spacial score (nSPS) is 11.3. The summed E-state index contributed by atoms with van der Waals surface area (Å²) in [4.78, 5) is 26.5. The molecule has 0 aliphatic heterocycles. The molecule has 0 bridgehead atoms. The Bertz CT molecular complexity index is 844. The Labute approximate surface area is 192 Å². The molecule has 0 radical (unpaired) electrons. The van der Waals surface area contributed by atoms with Crippen LogP contribution in [0.1, 0.15) is 82.5 Å².